The standard InChI is InChI=1S/C42H62O12/c1-37-7-11-39(12-8-37)35-51-29-27-47-21-19-43-15-17-45-23-25-49-31-33-53-41-5-3-4-6-42(41)54-34-32-50-26-24-46-18-16-44-20-22-48-28-30-52-36-40-13-9-38(2)10-14-40/h3-14H,15-36H2,1-2H3. The van der Waals surface area contributed by atoms with Crippen LogP contribution in [-0.2, 0) is 60.6 Å². The van der Waals surface area contributed by atoms with E-state index in [2.05, 4.69) is 62.4 Å². The van der Waals surface area contributed by atoms with Crippen molar-refractivity contribution < 1.29 is 56.8 Å². The van der Waals surface area contributed by atoms with Gasteiger partial charge in [-0.25, -0.2) is 0 Å². The van der Waals surface area contributed by atoms with Crippen LogP contribution in [0.1, 0.15) is 22.3 Å². The third-order valence-electron chi connectivity index (χ3n) is 7.57. The van der Waals surface area contributed by atoms with E-state index in [-0.39, 0.29) is 0 Å². The highest BCUT2D eigenvalue weighted by atomic mass is 16.6. The van der Waals surface area contributed by atoms with Crippen molar-refractivity contribution >= 4 is 0 Å². The van der Waals surface area contributed by atoms with Crippen LogP contribution in [0.25, 0.3) is 0 Å². The molecule has 0 unspecified atom stereocenters. The Morgan fingerprint density at radius 2 is 0.519 bits per heavy atom. The molecule has 0 aliphatic carbocycles. The number of hydrogen-bond acceptors (Lipinski definition) is 12. The van der Waals surface area contributed by atoms with Crippen LogP contribution < -0.4 is 9.47 Å². The summed E-state index contributed by atoms with van der Waals surface area (Å²) in [7, 11) is 0. The van der Waals surface area contributed by atoms with Gasteiger partial charge in [-0.05, 0) is 37.1 Å². The molecule has 54 heavy (non-hydrogen) atoms. The monoisotopic (exact) mass is 758 g/mol. The molecule has 12 heteroatoms. The number of ether oxygens (including phenoxy) is 12. The van der Waals surface area contributed by atoms with Crippen LogP contribution in [0.4, 0.5) is 0 Å². The summed E-state index contributed by atoms with van der Waals surface area (Å²) in [6, 6.07) is 24.2. The minimum absolute atomic E-state index is 0.398. The molecule has 3 rings (SSSR count). The second-order valence-corrected chi connectivity index (χ2v) is 12.1. The van der Waals surface area contributed by atoms with Crippen LogP contribution in [-0.4, -0.2) is 132 Å². The first-order chi connectivity index (χ1) is 26.7. The van der Waals surface area contributed by atoms with E-state index in [9.17, 15) is 0 Å². The largest absolute Gasteiger partial charge is 0.487 e. The molecule has 0 saturated heterocycles. The number of aryl methyl sites for hydroxylation is 2. The Labute approximate surface area is 322 Å². The topological polar surface area (TPSA) is 111 Å². The summed E-state index contributed by atoms with van der Waals surface area (Å²) >= 11 is 0. The van der Waals surface area contributed by atoms with Gasteiger partial charge >= 0.3 is 0 Å². The minimum atomic E-state index is 0.398. The Kier molecular flexibility index (Phi) is 26.9. The van der Waals surface area contributed by atoms with Crippen molar-refractivity contribution in [2.75, 3.05) is 132 Å². The van der Waals surface area contributed by atoms with E-state index < -0.39 is 0 Å². The zero-order valence-corrected chi connectivity index (χ0v) is 32.4. The highest BCUT2D eigenvalue weighted by Gasteiger charge is 2.05. The maximum atomic E-state index is 5.86. The maximum Gasteiger partial charge on any atom is 0.161 e. The summed E-state index contributed by atoms with van der Waals surface area (Å²) in [4.78, 5) is 0. The Hall–Kier alpha value is -3.14. The smallest absolute Gasteiger partial charge is 0.161 e. The lowest BCUT2D eigenvalue weighted by Crippen LogP contribution is -2.15. The molecule has 0 spiro atoms. The molecule has 0 fully saturated rings. The summed E-state index contributed by atoms with van der Waals surface area (Å²) in [6.07, 6.45) is 0. The molecular weight excluding hydrogens is 696 g/mol. The van der Waals surface area contributed by atoms with Crippen molar-refractivity contribution in [3.05, 3.63) is 95.1 Å². The average molecular weight is 759 g/mol. The Bertz CT molecular complexity index is 1180. The molecular formula is C42H62O12. The fraction of sp³-hybridized carbons (Fsp3) is 0.571. The van der Waals surface area contributed by atoms with E-state index in [1.54, 1.807) is 0 Å². The highest BCUT2D eigenvalue weighted by Crippen LogP contribution is 2.26. The lowest BCUT2D eigenvalue weighted by Gasteiger charge is -2.13. The summed E-state index contributed by atoms with van der Waals surface area (Å²) in [5.74, 6) is 1.32. The summed E-state index contributed by atoms with van der Waals surface area (Å²) < 4.78 is 67.4. The average Bonchev–Trinajstić information content (AvgIpc) is 3.19. The second kappa shape index (κ2) is 32.1. The van der Waals surface area contributed by atoms with E-state index in [1.165, 1.54) is 11.1 Å². The molecule has 0 radical (unpaired) electrons. The van der Waals surface area contributed by atoms with Gasteiger partial charge < -0.3 is 56.8 Å². The zero-order chi connectivity index (χ0) is 38.0. The van der Waals surface area contributed by atoms with Gasteiger partial charge in [-0.1, -0.05) is 71.8 Å². The molecule has 0 atom stereocenters. The van der Waals surface area contributed by atoms with Gasteiger partial charge in [0.25, 0.3) is 0 Å². The van der Waals surface area contributed by atoms with Crippen molar-refractivity contribution in [1.82, 2.24) is 0 Å². The van der Waals surface area contributed by atoms with Crippen LogP contribution >= 0.6 is 0 Å². The van der Waals surface area contributed by atoms with Crippen molar-refractivity contribution in [3.63, 3.8) is 0 Å². The van der Waals surface area contributed by atoms with Crippen LogP contribution in [0, 0.1) is 13.8 Å². The molecule has 0 amide bonds. The number of para-hydroxylation sites is 2. The Balaban J connectivity index is 1.01. The Morgan fingerprint density at radius 1 is 0.278 bits per heavy atom. The first kappa shape index (κ1) is 45.3. The molecule has 3 aromatic carbocycles. The van der Waals surface area contributed by atoms with Gasteiger partial charge in [0.15, 0.2) is 11.5 Å². The summed E-state index contributed by atoms with van der Waals surface area (Å²) in [6.45, 7) is 15.2. The van der Waals surface area contributed by atoms with Crippen LogP contribution in [0.15, 0.2) is 72.8 Å². The van der Waals surface area contributed by atoms with Gasteiger partial charge in [-0.2, -0.15) is 0 Å². The molecule has 0 aromatic heterocycles. The molecule has 12 nitrogen and oxygen atoms in total. The third-order valence-corrected chi connectivity index (χ3v) is 7.57. The van der Waals surface area contributed by atoms with Gasteiger partial charge in [0.05, 0.1) is 132 Å². The summed E-state index contributed by atoms with van der Waals surface area (Å²) in [5.41, 5.74) is 4.82. The van der Waals surface area contributed by atoms with Crippen LogP contribution in [0.5, 0.6) is 11.5 Å². The van der Waals surface area contributed by atoms with Crippen molar-refractivity contribution in [2.45, 2.75) is 27.1 Å². The number of rotatable bonds is 36. The summed E-state index contributed by atoms with van der Waals surface area (Å²) in [5, 5.41) is 0. The van der Waals surface area contributed by atoms with E-state index in [1.807, 2.05) is 24.3 Å². The molecule has 0 aliphatic rings. The van der Waals surface area contributed by atoms with Crippen molar-refractivity contribution in [2.24, 2.45) is 0 Å². The highest BCUT2D eigenvalue weighted by molar-refractivity contribution is 5.39. The van der Waals surface area contributed by atoms with Gasteiger partial charge in [0, 0.05) is 0 Å². The number of benzene rings is 3. The van der Waals surface area contributed by atoms with Crippen molar-refractivity contribution in [1.29, 1.82) is 0 Å². The molecule has 0 bridgehead atoms. The fourth-order valence-corrected chi connectivity index (χ4v) is 4.62. The van der Waals surface area contributed by atoms with E-state index in [0.29, 0.717) is 157 Å². The third kappa shape index (κ3) is 24.3. The quantitative estimate of drug-likeness (QED) is 0.0686. The van der Waals surface area contributed by atoms with E-state index >= 15 is 0 Å². The van der Waals surface area contributed by atoms with Crippen LogP contribution in [0.3, 0.4) is 0 Å². The first-order valence-electron chi connectivity index (χ1n) is 18.9. The van der Waals surface area contributed by atoms with Gasteiger partial charge in [0.2, 0.25) is 0 Å². The maximum absolute atomic E-state index is 5.86. The minimum Gasteiger partial charge on any atom is -0.487 e. The Morgan fingerprint density at radius 3 is 0.796 bits per heavy atom. The normalized spacial score (nSPS) is 11.3. The van der Waals surface area contributed by atoms with Gasteiger partial charge in [0.1, 0.15) is 13.2 Å². The molecule has 3 aromatic rings. The molecule has 0 N–H and O–H groups in total. The van der Waals surface area contributed by atoms with Gasteiger partial charge in [-0.15, -0.1) is 0 Å². The predicted molar refractivity (Wildman–Crippen MR) is 206 cm³/mol. The fourth-order valence-electron chi connectivity index (χ4n) is 4.62. The lowest BCUT2D eigenvalue weighted by atomic mass is 10.2. The van der Waals surface area contributed by atoms with Crippen molar-refractivity contribution in [3.8, 4) is 11.5 Å². The zero-order valence-electron chi connectivity index (χ0n) is 32.4. The molecule has 0 heterocycles. The predicted octanol–water partition coefficient (Wildman–Crippen LogP) is 5.63. The molecule has 0 saturated carbocycles. The van der Waals surface area contributed by atoms with Crippen LogP contribution in [0.2, 0.25) is 0 Å². The molecule has 0 aliphatic heterocycles. The van der Waals surface area contributed by atoms with Gasteiger partial charge in [-0.3, -0.25) is 0 Å². The SMILES string of the molecule is Cc1ccc(COCCOCCOCCOCCOCCOc2ccccc2OCCOCCOCCOCCOCCOCc2ccc(C)cc2)cc1. The number of hydrogen-bond donors (Lipinski definition) is 0. The molecule has 302 valence electrons. The second-order valence-electron chi connectivity index (χ2n) is 12.1. The first-order valence-corrected chi connectivity index (χ1v) is 18.9. The lowest BCUT2D eigenvalue weighted by molar-refractivity contribution is -0.0144. The van der Waals surface area contributed by atoms with E-state index in [4.69, 9.17) is 56.8 Å². The van der Waals surface area contributed by atoms with E-state index in [0.717, 1.165) is 11.1 Å².